The van der Waals surface area contributed by atoms with Crippen LogP contribution in [0, 0.1) is 0 Å². The third kappa shape index (κ3) is 2.54. The van der Waals surface area contributed by atoms with Gasteiger partial charge in [0.2, 0.25) is 0 Å². The van der Waals surface area contributed by atoms with Crippen molar-refractivity contribution in [2.45, 2.75) is 13.3 Å². The van der Waals surface area contributed by atoms with E-state index in [-0.39, 0.29) is 12.4 Å². The Hall–Kier alpha value is -3.16. The molecule has 0 aliphatic heterocycles. The van der Waals surface area contributed by atoms with Gasteiger partial charge in [-0.05, 0) is 12.5 Å². The molecule has 0 aliphatic rings. The number of benzene rings is 1. The lowest BCUT2D eigenvalue weighted by atomic mass is 10.1. The van der Waals surface area contributed by atoms with Gasteiger partial charge in [0.25, 0.3) is 0 Å². The van der Waals surface area contributed by atoms with Crippen LogP contribution in [0.3, 0.4) is 0 Å². The molecule has 1 aromatic carbocycles. The third-order valence-electron chi connectivity index (χ3n) is 3.30. The molecule has 3 aromatic rings. The number of H-pyrrole nitrogens is 1. The fraction of sp³-hybridized carbons (Fsp3) is 0.200. The second kappa shape index (κ2) is 5.91. The molecular weight excluding hydrogens is 300 g/mol. The number of aromatic nitrogens is 3. The van der Waals surface area contributed by atoms with Crippen LogP contribution >= 0.6 is 0 Å². The normalized spacial score (nSPS) is 10.8. The second-order valence-corrected chi connectivity index (χ2v) is 4.84. The fourth-order valence-electron chi connectivity index (χ4n) is 2.30. The lowest BCUT2D eigenvalue weighted by Gasteiger charge is -2.17. The zero-order valence-electron chi connectivity index (χ0n) is 12.3. The molecule has 0 atom stereocenters. The molecule has 0 radical (unpaired) electrons. The molecule has 0 aliphatic carbocycles. The summed E-state index contributed by atoms with van der Waals surface area (Å²) in [7, 11) is 0. The molecule has 0 saturated heterocycles. The molecule has 2 amide bonds. The molecule has 2 aromatic heterocycles. The van der Waals surface area contributed by atoms with Gasteiger partial charge in [-0.25, -0.2) is 14.6 Å². The van der Waals surface area contributed by atoms with Crippen molar-refractivity contribution < 1.29 is 19.4 Å². The van der Waals surface area contributed by atoms with Crippen LogP contribution in [0.2, 0.25) is 0 Å². The number of anilines is 1. The molecular formula is C15H14N4O4. The van der Waals surface area contributed by atoms with Gasteiger partial charge in [0.1, 0.15) is 5.52 Å². The van der Waals surface area contributed by atoms with E-state index in [1.54, 1.807) is 18.3 Å². The topological polar surface area (TPSA) is 108 Å². The van der Waals surface area contributed by atoms with Gasteiger partial charge in [-0.15, -0.1) is 0 Å². The van der Waals surface area contributed by atoms with Gasteiger partial charge in [-0.2, -0.15) is 10.00 Å². The Morgan fingerprint density at radius 2 is 2.09 bits per heavy atom. The van der Waals surface area contributed by atoms with Crippen LogP contribution in [0.4, 0.5) is 15.4 Å². The lowest BCUT2D eigenvalue weighted by Crippen LogP contribution is -2.37. The molecule has 8 nitrogen and oxygen atoms in total. The van der Waals surface area contributed by atoms with Crippen molar-refractivity contribution in [3.8, 4) is 0 Å². The number of amides is 2. The summed E-state index contributed by atoms with van der Waals surface area (Å²) in [5.41, 5.74) is 0.922. The summed E-state index contributed by atoms with van der Waals surface area (Å²) in [6.45, 7) is 1.95. The van der Waals surface area contributed by atoms with Crippen molar-refractivity contribution in [1.29, 1.82) is 0 Å². The molecule has 0 bridgehead atoms. The Bertz CT molecular complexity index is 889. The molecule has 118 valence electrons. The standard InChI is InChI=1S/C15H14N4O4/c1-2-7-23-15(22)19(14(20)21)13-12-10(8-16-18-12)9-5-3-4-6-11(9)17-13/h3-6,8H,2,7H2,1H3,(H,16,18)(H,20,21). The molecule has 0 unspecified atom stereocenters. The van der Waals surface area contributed by atoms with Crippen LogP contribution in [0.1, 0.15) is 13.3 Å². The molecule has 0 saturated carbocycles. The summed E-state index contributed by atoms with van der Waals surface area (Å²) in [6.07, 6.45) is -0.299. The number of nitrogens with zero attached hydrogens (tertiary/aromatic N) is 3. The van der Waals surface area contributed by atoms with Gasteiger partial charge < -0.3 is 9.84 Å². The largest absolute Gasteiger partial charge is 0.464 e. The molecule has 2 N–H and O–H groups in total. The number of fused-ring (bicyclic) bond motifs is 3. The summed E-state index contributed by atoms with van der Waals surface area (Å²) in [6, 6.07) is 7.22. The van der Waals surface area contributed by atoms with Crippen LogP contribution in [-0.4, -0.2) is 39.1 Å². The minimum Gasteiger partial charge on any atom is -0.464 e. The molecule has 23 heavy (non-hydrogen) atoms. The average Bonchev–Trinajstić information content (AvgIpc) is 3.03. The van der Waals surface area contributed by atoms with Gasteiger partial charge in [0, 0.05) is 10.8 Å². The molecule has 0 fully saturated rings. The minimum atomic E-state index is -1.47. The lowest BCUT2D eigenvalue weighted by molar-refractivity contribution is 0.149. The Kier molecular flexibility index (Phi) is 3.80. The number of nitrogens with one attached hydrogen (secondary N) is 1. The second-order valence-electron chi connectivity index (χ2n) is 4.84. The number of carboxylic acid groups (broad SMARTS) is 1. The predicted molar refractivity (Wildman–Crippen MR) is 83.5 cm³/mol. The zero-order chi connectivity index (χ0) is 16.4. The molecule has 2 heterocycles. The van der Waals surface area contributed by atoms with Gasteiger partial charge in [0.05, 0.1) is 18.3 Å². The van der Waals surface area contributed by atoms with Crippen molar-refractivity contribution in [1.82, 2.24) is 15.2 Å². The number of carbonyl (C=O) groups is 2. The predicted octanol–water partition coefficient (Wildman–Crippen LogP) is 3.14. The van der Waals surface area contributed by atoms with Crippen LogP contribution < -0.4 is 4.90 Å². The van der Waals surface area contributed by atoms with E-state index < -0.39 is 12.2 Å². The summed E-state index contributed by atoms with van der Waals surface area (Å²) in [5.74, 6) is -0.0511. The van der Waals surface area contributed by atoms with Crippen LogP contribution in [0.5, 0.6) is 0 Å². The van der Waals surface area contributed by atoms with Crippen molar-refractivity contribution in [2.24, 2.45) is 0 Å². The average molecular weight is 314 g/mol. The van der Waals surface area contributed by atoms with E-state index in [1.165, 1.54) is 0 Å². The quantitative estimate of drug-likeness (QED) is 0.768. The van der Waals surface area contributed by atoms with Crippen molar-refractivity contribution >= 4 is 39.8 Å². The van der Waals surface area contributed by atoms with Crippen LogP contribution in [-0.2, 0) is 4.74 Å². The fourth-order valence-corrected chi connectivity index (χ4v) is 2.30. The maximum absolute atomic E-state index is 12.1. The first-order chi connectivity index (χ1) is 11.1. The highest BCUT2D eigenvalue weighted by Gasteiger charge is 2.29. The minimum absolute atomic E-state index is 0.0511. The number of ether oxygens (including phenoxy) is 1. The first-order valence-corrected chi connectivity index (χ1v) is 7.05. The van der Waals surface area contributed by atoms with E-state index in [4.69, 9.17) is 4.74 Å². The number of imide groups is 1. The number of hydrogen-bond acceptors (Lipinski definition) is 5. The van der Waals surface area contributed by atoms with Crippen molar-refractivity contribution in [3.05, 3.63) is 30.5 Å². The van der Waals surface area contributed by atoms with E-state index in [0.29, 0.717) is 27.7 Å². The van der Waals surface area contributed by atoms with Crippen molar-refractivity contribution in [2.75, 3.05) is 11.5 Å². The molecule has 8 heteroatoms. The Morgan fingerprint density at radius 1 is 1.30 bits per heavy atom. The van der Waals surface area contributed by atoms with Crippen molar-refractivity contribution in [3.63, 3.8) is 0 Å². The highest BCUT2D eigenvalue weighted by Crippen LogP contribution is 2.30. The highest BCUT2D eigenvalue weighted by atomic mass is 16.6. The maximum atomic E-state index is 12.1. The monoisotopic (exact) mass is 314 g/mol. The SMILES string of the molecule is CCCOC(=O)N(C(=O)O)c1nc2ccccc2c2cn[nH]c12. The van der Waals surface area contributed by atoms with E-state index in [9.17, 15) is 14.7 Å². The molecule has 0 spiro atoms. The maximum Gasteiger partial charge on any atom is 0.425 e. The van der Waals surface area contributed by atoms with Gasteiger partial charge >= 0.3 is 12.2 Å². The first-order valence-electron chi connectivity index (χ1n) is 7.05. The number of hydrogen-bond donors (Lipinski definition) is 2. The number of para-hydroxylation sites is 1. The number of aromatic amines is 1. The first kappa shape index (κ1) is 14.8. The number of pyridine rings is 1. The Labute approximate surface area is 130 Å². The highest BCUT2D eigenvalue weighted by molar-refractivity contribution is 6.16. The van der Waals surface area contributed by atoms with E-state index >= 15 is 0 Å². The van der Waals surface area contributed by atoms with E-state index in [1.807, 2.05) is 19.1 Å². The molecule has 3 rings (SSSR count). The smallest absolute Gasteiger partial charge is 0.425 e. The van der Waals surface area contributed by atoms with Gasteiger partial charge in [-0.1, -0.05) is 25.1 Å². The van der Waals surface area contributed by atoms with Gasteiger partial charge in [-0.3, -0.25) is 5.10 Å². The third-order valence-corrected chi connectivity index (χ3v) is 3.30. The van der Waals surface area contributed by atoms with E-state index in [0.717, 1.165) is 5.39 Å². The Morgan fingerprint density at radius 3 is 2.83 bits per heavy atom. The zero-order valence-corrected chi connectivity index (χ0v) is 12.3. The summed E-state index contributed by atoms with van der Waals surface area (Å²) < 4.78 is 4.94. The summed E-state index contributed by atoms with van der Waals surface area (Å²) >= 11 is 0. The number of rotatable bonds is 3. The van der Waals surface area contributed by atoms with Crippen LogP contribution in [0.15, 0.2) is 30.5 Å². The Balaban J connectivity index is 2.20. The van der Waals surface area contributed by atoms with Gasteiger partial charge in [0.15, 0.2) is 5.82 Å². The summed E-state index contributed by atoms with van der Waals surface area (Å²) in [5, 5.41) is 17.5. The number of carbonyl (C=O) groups excluding carboxylic acids is 1. The van der Waals surface area contributed by atoms with E-state index in [2.05, 4.69) is 15.2 Å². The summed E-state index contributed by atoms with van der Waals surface area (Å²) in [4.78, 5) is 28.4. The van der Waals surface area contributed by atoms with Crippen LogP contribution in [0.25, 0.3) is 21.8 Å².